The number of phenols is 1. The predicted octanol–water partition coefficient (Wildman–Crippen LogP) is 12.4. The second kappa shape index (κ2) is 18.7. The second-order valence-electron chi connectivity index (χ2n) is 24.3. The molecule has 2 saturated carbocycles. The highest BCUT2D eigenvalue weighted by atomic mass is 16.7. The van der Waals surface area contributed by atoms with Crippen molar-refractivity contribution < 1.29 is 33.8 Å². The van der Waals surface area contributed by atoms with E-state index in [0.29, 0.717) is 38.5 Å². The molecule has 1 N–H and O–H groups in total. The lowest BCUT2D eigenvalue weighted by Gasteiger charge is -2.55. The Morgan fingerprint density at radius 2 is 0.951 bits per heavy atom. The average molecular weight is 853 g/mol. The Balaban J connectivity index is 1.52. The first kappa shape index (κ1) is 49.8. The Kier molecular flexibility index (Phi) is 15.3. The SMILES string of the molecule is CCCCC(Cc1cc(C(C)(C)C)c(O)c(C(C)(C)C)c1)(C(=O)OC1CC(C)(C)N(OC2CCCCC2)C(C)(C)C1)C(=O)OC1CC(C)(C)N(OC2CCCCC2)C(C)(C)C1. The van der Waals surface area contributed by atoms with Crippen LogP contribution in [-0.2, 0) is 46.0 Å². The minimum absolute atomic E-state index is 0.115. The van der Waals surface area contributed by atoms with Crippen LogP contribution in [-0.4, -0.2) is 73.7 Å². The van der Waals surface area contributed by atoms with Gasteiger partial charge in [0.25, 0.3) is 0 Å². The Hall–Kier alpha value is -2.20. The Morgan fingerprint density at radius 3 is 1.26 bits per heavy atom. The minimum Gasteiger partial charge on any atom is -0.507 e. The molecule has 0 atom stereocenters. The molecule has 4 fully saturated rings. The summed E-state index contributed by atoms with van der Waals surface area (Å²) in [6.45, 7) is 32.1. The fraction of sp³-hybridized carbons (Fsp3) is 0.846. The molecule has 0 radical (unpaired) electrons. The molecule has 0 bridgehead atoms. The fourth-order valence-corrected chi connectivity index (χ4v) is 11.5. The molecular formula is C52H88N2O7. The van der Waals surface area contributed by atoms with Crippen LogP contribution >= 0.6 is 0 Å². The number of carbonyl (C=O) groups excluding carboxylic acids is 2. The summed E-state index contributed by atoms with van der Waals surface area (Å²) in [5.41, 5.74) is -1.62. The minimum atomic E-state index is -1.61. The first-order chi connectivity index (χ1) is 28.1. The van der Waals surface area contributed by atoms with Gasteiger partial charge in [-0.15, -0.1) is 0 Å². The maximum absolute atomic E-state index is 15.5. The van der Waals surface area contributed by atoms with Gasteiger partial charge >= 0.3 is 11.9 Å². The zero-order valence-electron chi connectivity index (χ0n) is 41.5. The number of unbranched alkanes of at least 4 members (excludes halogenated alkanes) is 1. The van der Waals surface area contributed by atoms with E-state index in [0.717, 1.165) is 48.8 Å². The van der Waals surface area contributed by atoms with Crippen molar-refractivity contribution in [1.82, 2.24) is 10.1 Å². The largest absolute Gasteiger partial charge is 0.507 e. The van der Waals surface area contributed by atoms with E-state index in [4.69, 9.17) is 19.1 Å². The number of esters is 2. The monoisotopic (exact) mass is 853 g/mol. The summed E-state index contributed by atoms with van der Waals surface area (Å²) in [5, 5.41) is 16.1. The van der Waals surface area contributed by atoms with Gasteiger partial charge in [-0.25, -0.2) is 0 Å². The quantitative estimate of drug-likeness (QED) is 0.154. The molecule has 2 aliphatic carbocycles. The zero-order valence-corrected chi connectivity index (χ0v) is 41.5. The van der Waals surface area contributed by atoms with Gasteiger partial charge in [0, 0.05) is 47.8 Å². The summed E-state index contributed by atoms with van der Waals surface area (Å²) in [6.07, 6.45) is 15.3. The van der Waals surface area contributed by atoms with Crippen molar-refractivity contribution in [2.75, 3.05) is 0 Å². The smallest absolute Gasteiger partial charge is 0.324 e. The van der Waals surface area contributed by atoms with E-state index in [1.54, 1.807) is 0 Å². The third-order valence-corrected chi connectivity index (χ3v) is 14.3. The van der Waals surface area contributed by atoms with Gasteiger partial charge in [0.2, 0.25) is 0 Å². The number of carbonyl (C=O) groups is 2. The van der Waals surface area contributed by atoms with E-state index in [2.05, 4.69) is 114 Å². The van der Waals surface area contributed by atoms with Crippen molar-refractivity contribution >= 4 is 11.9 Å². The molecule has 61 heavy (non-hydrogen) atoms. The summed E-state index contributed by atoms with van der Waals surface area (Å²) in [5.74, 6) is -0.752. The average Bonchev–Trinajstić information content (AvgIpc) is 3.13. The van der Waals surface area contributed by atoms with Gasteiger partial charge in [-0.1, -0.05) is 112 Å². The van der Waals surface area contributed by atoms with E-state index in [9.17, 15) is 5.11 Å². The molecule has 2 aliphatic heterocycles. The summed E-state index contributed by atoms with van der Waals surface area (Å²) >= 11 is 0. The van der Waals surface area contributed by atoms with Crippen molar-refractivity contribution in [3.63, 3.8) is 0 Å². The molecule has 0 unspecified atom stereocenters. The van der Waals surface area contributed by atoms with Crippen molar-refractivity contribution in [1.29, 1.82) is 0 Å². The Bertz CT molecular complexity index is 1510. The van der Waals surface area contributed by atoms with Gasteiger partial charge in [0.05, 0.1) is 12.2 Å². The number of hydroxylamine groups is 4. The van der Waals surface area contributed by atoms with Gasteiger partial charge in [-0.3, -0.25) is 19.3 Å². The van der Waals surface area contributed by atoms with Crippen LogP contribution in [0.15, 0.2) is 12.1 Å². The van der Waals surface area contributed by atoms with Crippen LogP contribution in [0.4, 0.5) is 0 Å². The molecule has 1 aromatic carbocycles. The molecular weight excluding hydrogens is 765 g/mol. The highest BCUT2D eigenvalue weighted by molar-refractivity contribution is 6.00. The number of aromatic hydroxyl groups is 1. The number of hydrogen-bond donors (Lipinski definition) is 1. The van der Waals surface area contributed by atoms with E-state index < -0.39 is 51.7 Å². The third-order valence-electron chi connectivity index (χ3n) is 14.3. The lowest BCUT2D eigenvalue weighted by Crippen LogP contribution is -2.63. The number of piperidine rings is 2. The van der Waals surface area contributed by atoms with E-state index >= 15 is 9.59 Å². The number of benzene rings is 1. The van der Waals surface area contributed by atoms with Crippen molar-refractivity contribution in [2.24, 2.45) is 5.41 Å². The van der Waals surface area contributed by atoms with Crippen LogP contribution in [0.2, 0.25) is 0 Å². The Morgan fingerprint density at radius 1 is 0.607 bits per heavy atom. The van der Waals surface area contributed by atoms with Gasteiger partial charge in [0.1, 0.15) is 18.0 Å². The third kappa shape index (κ3) is 11.7. The van der Waals surface area contributed by atoms with E-state index in [1.165, 1.54) is 38.5 Å². The molecule has 0 spiro atoms. The number of nitrogens with zero attached hydrogens (tertiary/aromatic N) is 2. The highest BCUT2D eigenvalue weighted by Gasteiger charge is 2.55. The van der Waals surface area contributed by atoms with Gasteiger partial charge in [-0.2, -0.15) is 10.1 Å². The molecule has 2 heterocycles. The first-order valence-corrected chi connectivity index (χ1v) is 24.3. The van der Waals surface area contributed by atoms with Crippen molar-refractivity contribution in [2.45, 2.75) is 277 Å². The highest BCUT2D eigenvalue weighted by Crippen LogP contribution is 2.47. The zero-order chi connectivity index (χ0) is 45.4. The molecule has 348 valence electrons. The van der Waals surface area contributed by atoms with Gasteiger partial charge < -0.3 is 14.6 Å². The molecule has 5 rings (SSSR count). The van der Waals surface area contributed by atoms with Crippen LogP contribution in [0.5, 0.6) is 5.75 Å². The molecule has 0 aromatic heterocycles. The lowest BCUT2D eigenvalue weighted by molar-refractivity contribution is -0.319. The molecule has 4 aliphatic rings. The fourth-order valence-electron chi connectivity index (χ4n) is 11.5. The number of phenolic OH excluding ortho intramolecular Hbond substituents is 1. The normalized spacial score (nSPS) is 23.8. The maximum atomic E-state index is 15.5. The van der Waals surface area contributed by atoms with Crippen molar-refractivity contribution in [3.05, 3.63) is 28.8 Å². The number of ether oxygens (including phenoxy) is 2. The predicted molar refractivity (Wildman–Crippen MR) is 245 cm³/mol. The van der Waals surface area contributed by atoms with Gasteiger partial charge in [-0.05, 0) is 121 Å². The van der Waals surface area contributed by atoms with Crippen LogP contribution in [0.1, 0.15) is 230 Å². The molecule has 0 amide bonds. The van der Waals surface area contributed by atoms with Crippen LogP contribution in [0.25, 0.3) is 0 Å². The molecule has 1 aromatic rings. The number of hydrogen-bond acceptors (Lipinski definition) is 9. The summed E-state index contributed by atoms with van der Waals surface area (Å²) in [6, 6.07) is 4.01. The topological polar surface area (TPSA) is 97.8 Å². The van der Waals surface area contributed by atoms with Gasteiger partial charge in [0.15, 0.2) is 5.41 Å². The first-order valence-electron chi connectivity index (χ1n) is 24.3. The van der Waals surface area contributed by atoms with Crippen LogP contribution in [0.3, 0.4) is 0 Å². The summed E-state index contributed by atoms with van der Waals surface area (Å²) in [7, 11) is 0. The number of rotatable bonds is 13. The van der Waals surface area contributed by atoms with Crippen molar-refractivity contribution in [3.8, 4) is 5.75 Å². The second-order valence-corrected chi connectivity index (χ2v) is 24.3. The summed E-state index contributed by atoms with van der Waals surface area (Å²) in [4.78, 5) is 44.5. The van der Waals surface area contributed by atoms with Crippen LogP contribution < -0.4 is 0 Å². The van der Waals surface area contributed by atoms with E-state index in [1.807, 2.05) is 12.1 Å². The standard InChI is InChI=1S/C52H88N2O7/c1-16-17-28-52(31-36-29-41(46(2,3)4)43(55)42(30-36)47(5,6)7,44(56)58-39-32-48(8,9)53(49(10,11)33-39)60-37-24-20-18-21-25-37)45(57)59-40-34-50(12,13)54(51(14,15)35-40)61-38-26-22-19-23-27-38/h29-30,37-40,55H,16-28,31-35H2,1-15H3. The molecule has 9 nitrogen and oxygen atoms in total. The maximum Gasteiger partial charge on any atom is 0.324 e. The summed E-state index contributed by atoms with van der Waals surface area (Å²) < 4.78 is 13.5. The Labute approximate surface area is 371 Å². The van der Waals surface area contributed by atoms with E-state index in [-0.39, 0.29) is 35.2 Å². The van der Waals surface area contributed by atoms with Crippen LogP contribution in [0, 0.1) is 5.41 Å². The lowest BCUT2D eigenvalue weighted by atomic mass is 9.73. The molecule has 9 heteroatoms. The molecule has 2 saturated heterocycles.